The van der Waals surface area contributed by atoms with Crippen LogP contribution in [0.2, 0.25) is 0 Å². The van der Waals surface area contributed by atoms with Gasteiger partial charge in [0.2, 0.25) is 11.8 Å². The number of aromatic nitrogens is 1. The van der Waals surface area contributed by atoms with E-state index in [1.54, 1.807) is 21.7 Å². The zero-order valence-electron chi connectivity index (χ0n) is 13.9. The molecular weight excluding hydrogens is 322 g/mol. The summed E-state index contributed by atoms with van der Waals surface area (Å²) >= 11 is 1.58. The number of carbonyl (C=O) groups excluding carboxylic acids is 2. The number of hydrogen-bond donors (Lipinski definition) is 1. The first-order valence-corrected chi connectivity index (χ1v) is 8.96. The lowest BCUT2D eigenvalue weighted by molar-refractivity contribution is -0.121. The van der Waals surface area contributed by atoms with Gasteiger partial charge in [-0.25, -0.2) is 4.98 Å². The SMILES string of the molecule is Cc1cccc(N2C[C@@H](NC(=O)CCc3scnc3C)CC2=O)c1. The molecule has 0 radical (unpaired) electrons. The van der Waals surface area contributed by atoms with Crippen molar-refractivity contribution in [2.24, 2.45) is 0 Å². The van der Waals surface area contributed by atoms with Crippen LogP contribution in [0.3, 0.4) is 0 Å². The molecule has 126 valence electrons. The second-order valence-corrected chi connectivity index (χ2v) is 7.11. The van der Waals surface area contributed by atoms with Crippen LogP contribution in [-0.2, 0) is 16.0 Å². The maximum absolute atomic E-state index is 12.2. The fraction of sp³-hybridized carbons (Fsp3) is 0.389. The zero-order chi connectivity index (χ0) is 17.1. The highest BCUT2D eigenvalue weighted by Crippen LogP contribution is 2.22. The lowest BCUT2D eigenvalue weighted by Crippen LogP contribution is -2.37. The molecule has 1 fully saturated rings. The topological polar surface area (TPSA) is 62.3 Å². The van der Waals surface area contributed by atoms with Crippen LogP contribution in [0.5, 0.6) is 0 Å². The third kappa shape index (κ3) is 3.82. The van der Waals surface area contributed by atoms with Crippen molar-refractivity contribution >= 4 is 28.8 Å². The van der Waals surface area contributed by atoms with Gasteiger partial charge in [-0.1, -0.05) is 12.1 Å². The lowest BCUT2D eigenvalue weighted by atomic mass is 10.2. The van der Waals surface area contributed by atoms with E-state index in [1.807, 2.05) is 38.1 Å². The van der Waals surface area contributed by atoms with Crippen molar-refractivity contribution in [2.75, 3.05) is 11.4 Å². The van der Waals surface area contributed by atoms with Crippen LogP contribution in [0, 0.1) is 13.8 Å². The standard InChI is InChI=1S/C18H21N3O2S/c1-12-4-3-5-15(8-12)21-10-14(9-18(21)23)20-17(22)7-6-16-13(2)19-11-24-16/h3-5,8,11,14H,6-7,9-10H2,1-2H3,(H,20,22)/t14-/m0/s1. The van der Waals surface area contributed by atoms with Crippen molar-refractivity contribution < 1.29 is 9.59 Å². The van der Waals surface area contributed by atoms with E-state index in [4.69, 9.17) is 0 Å². The number of rotatable bonds is 5. The molecule has 0 saturated carbocycles. The molecule has 6 heteroatoms. The molecular formula is C18H21N3O2S. The number of benzene rings is 1. The minimum absolute atomic E-state index is 0.00769. The van der Waals surface area contributed by atoms with Crippen molar-refractivity contribution in [3.63, 3.8) is 0 Å². The lowest BCUT2D eigenvalue weighted by Gasteiger charge is -2.17. The van der Waals surface area contributed by atoms with Gasteiger partial charge in [-0.05, 0) is 38.0 Å². The van der Waals surface area contributed by atoms with Gasteiger partial charge >= 0.3 is 0 Å². The maximum atomic E-state index is 12.2. The highest BCUT2D eigenvalue weighted by molar-refractivity contribution is 7.09. The van der Waals surface area contributed by atoms with E-state index in [9.17, 15) is 9.59 Å². The van der Waals surface area contributed by atoms with Gasteiger partial charge in [0.05, 0.1) is 17.2 Å². The number of nitrogens with one attached hydrogen (secondary N) is 1. The van der Waals surface area contributed by atoms with E-state index < -0.39 is 0 Å². The first-order valence-electron chi connectivity index (χ1n) is 8.08. The molecule has 24 heavy (non-hydrogen) atoms. The second-order valence-electron chi connectivity index (χ2n) is 6.17. The Labute approximate surface area is 145 Å². The van der Waals surface area contributed by atoms with Crippen molar-refractivity contribution in [3.8, 4) is 0 Å². The molecule has 2 heterocycles. The Morgan fingerprint density at radius 2 is 2.25 bits per heavy atom. The summed E-state index contributed by atoms with van der Waals surface area (Å²) in [7, 11) is 0. The van der Waals surface area contributed by atoms with Crippen LogP contribution in [0.15, 0.2) is 29.8 Å². The number of carbonyl (C=O) groups is 2. The number of amides is 2. The van der Waals surface area contributed by atoms with Crippen LogP contribution in [0.1, 0.15) is 29.0 Å². The summed E-state index contributed by atoms with van der Waals surface area (Å²) in [6.07, 6.45) is 1.49. The van der Waals surface area contributed by atoms with E-state index in [0.717, 1.165) is 21.8 Å². The molecule has 1 saturated heterocycles. The minimum Gasteiger partial charge on any atom is -0.351 e. The highest BCUT2D eigenvalue weighted by atomic mass is 32.1. The monoisotopic (exact) mass is 343 g/mol. The molecule has 3 rings (SSSR count). The first kappa shape index (κ1) is 16.6. The summed E-state index contributed by atoms with van der Waals surface area (Å²) in [5.41, 5.74) is 4.82. The molecule has 0 spiro atoms. The van der Waals surface area contributed by atoms with Gasteiger partial charge in [0.1, 0.15) is 0 Å². The van der Waals surface area contributed by atoms with E-state index in [2.05, 4.69) is 10.3 Å². The fourth-order valence-corrected chi connectivity index (χ4v) is 3.72. The zero-order valence-corrected chi connectivity index (χ0v) is 14.7. The Morgan fingerprint density at radius 1 is 1.42 bits per heavy atom. The molecule has 0 bridgehead atoms. The number of anilines is 1. The van der Waals surface area contributed by atoms with Gasteiger partial charge in [-0.2, -0.15) is 0 Å². The Balaban J connectivity index is 1.54. The van der Waals surface area contributed by atoms with Crippen molar-refractivity contribution in [1.29, 1.82) is 0 Å². The highest BCUT2D eigenvalue weighted by Gasteiger charge is 2.31. The molecule has 5 nitrogen and oxygen atoms in total. The third-order valence-electron chi connectivity index (χ3n) is 4.23. The number of thiazole rings is 1. The minimum atomic E-state index is -0.118. The molecule has 1 aliphatic heterocycles. The van der Waals surface area contributed by atoms with Crippen molar-refractivity contribution in [3.05, 3.63) is 45.9 Å². The van der Waals surface area contributed by atoms with Crippen LogP contribution in [0.25, 0.3) is 0 Å². The van der Waals surface area contributed by atoms with Crippen LogP contribution < -0.4 is 10.2 Å². The van der Waals surface area contributed by atoms with Gasteiger partial charge in [0.25, 0.3) is 0 Å². The normalized spacial score (nSPS) is 17.3. The maximum Gasteiger partial charge on any atom is 0.229 e. The third-order valence-corrected chi connectivity index (χ3v) is 5.22. The average Bonchev–Trinajstić information content (AvgIpc) is 3.11. The van der Waals surface area contributed by atoms with E-state index in [-0.39, 0.29) is 17.9 Å². The van der Waals surface area contributed by atoms with Gasteiger partial charge < -0.3 is 10.2 Å². The summed E-state index contributed by atoms with van der Waals surface area (Å²) in [5.74, 6) is 0.0518. The molecule has 1 aliphatic rings. The summed E-state index contributed by atoms with van der Waals surface area (Å²) in [4.78, 5) is 31.5. The molecule has 0 unspecified atom stereocenters. The van der Waals surface area contributed by atoms with Gasteiger partial charge in [0.15, 0.2) is 0 Å². The van der Waals surface area contributed by atoms with Crippen molar-refractivity contribution in [2.45, 2.75) is 39.2 Å². The number of hydrogen-bond acceptors (Lipinski definition) is 4. The summed E-state index contributed by atoms with van der Waals surface area (Å²) in [6, 6.07) is 7.76. The Bertz CT molecular complexity index is 756. The Kier molecular flexibility index (Phi) is 4.94. The summed E-state index contributed by atoms with van der Waals surface area (Å²) < 4.78 is 0. The Morgan fingerprint density at radius 3 is 2.96 bits per heavy atom. The molecule has 1 aromatic heterocycles. The van der Waals surface area contributed by atoms with Crippen LogP contribution in [-0.4, -0.2) is 29.4 Å². The molecule has 2 aromatic rings. The van der Waals surface area contributed by atoms with Crippen molar-refractivity contribution in [1.82, 2.24) is 10.3 Å². The van der Waals surface area contributed by atoms with Crippen LogP contribution in [0.4, 0.5) is 5.69 Å². The molecule has 1 aromatic carbocycles. The van der Waals surface area contributed by atoms with E-state index >= 15 is 0 Å². The molecule has 2 amide bonds. The fourth-order valence-electron chi connectivity index (χ4n) is 2.94. The van der Waals surface area contributed by atoms with Gasteiger partial charge in [-0.15, -0.1) is 11.3 Å². The predicted molar refractivity (Wildman–Crippen MR) is 95.3 cm³/mol. The molecule has 0 aliphatic carbocycles. The smallest absolute Gasteiger partial charge is 0.229 e. The van der Waals surface area contributed by atoms with Crippen LogP contribution >= 0.6 is 11.3 Å². The summed E-state index contributed by atoms with van der Waals surface area (Å²) in [6.45, 7) is 4.50. The molecule has 1 N–H and O–H groups in total. The number of nitrogens with zero attached hydrogens (tertiary/aromatic N) is 2. The van der Waals surface area contributed by atoms with E-state index in [1.165, 1.54) is 0 Å². The first-order chi connectivity index (χ1) is 11.5. The van der Waals surface area contributed by atoms with Gasteiger partial charge in [0, 0.05) is 30.0 Å². The largest absolute Gasteiger partial charge is 0.351 e. The average molecular weight is 343 g/mol. The molecule has 1 atom stereocenters. The number of aryl methyl sites for hydroxylation is 3. The van der Waals surface area contributed by atoms with Gasteiger partial charge in [-0.3, -0.25) is 9.59 Å². The second kappa shape index (κ2) is 7.13. The Hall–Kier alpha value is -2.21. The van der Waals surface area contributed by atoms with E-state index in [0.29, 0.717) is 25.8 Å². The predicted octanol–water partition coefficient (Wildman–Crippen LogP) is 2.61. The quantitative estimate of drug-likeness (QED) is 0.908. The summed E-state index contributed by atoms with van der Waals surface area (Å²) in [5, 5.41) is 2.99.